The van der Waals surface area contributed by atoms with Crippen molar-refractivity contribution < 1.29 is 0 Å². The fourth-order valence-electron chi connectivity index (χ4n) is 4.36. The molecule has 1 unspecified atom stereocenters. The van der Waals surface area contributed by atoms with E-state index in [1.165, 1.54) is 71.3 Å². The highest BCUT2D eigenvalue weighted by atomic mass is 32.1. The van der Waals surface area contributed by atoms with E-state index in [-0.39, 0.29) is 0 Å². The molecule has 1 aliphatic rings. The van der Waals surface area contributed by atoms with Crippen LogP contribution in [0.25, 0.3) is 10.6 Å². The van der Waals surface area contributed by atoms with E-state index < -0.39 is 0 Å². The van der Waals surface area contributed by atoms with Crippen LogP contribution < -0.4 is 0 Å². The topological polar surface area (TPSA) is 19.4 Å². The first kappa shape index (κ1) is 21.5. The van der Waals surface area contributed by atoms with Gasteiger partial charge in [0.25, 0.3) is 0 Å². The molecule has 0 N–H and O–H groups in total. The van der Waals surface area contributed by atoms with Gasteiger partial charge in [0, 0.05) is 49.2 Å². The van der Waals surface area contributed by atoms with Crippen molar-refractivity contribution in [1.82, 2.24) is 14.8 Å². The fourth-order valence-corrected chi connectivity index (χ4v) is 5.59. The minimum atomic E-state index is 0.724. The lowest BCUT2D eigenvalue weighted by molar-refractivity contribution is 0.0947. The minimum absolute atomic E-state index is 0.724. The maximum atomic E-state index is 5.01. The van der Waals surface area contributed by atoms with Gasteiger partial charge >= 0.3 is 0 Å². The van der Waals surface area contributed by atoms with Crippen LogP contribution in [0, 0.1) is 6.92 Å². The number of nitrogens with zero attached hydrogens (tertiary/aromatic N) is 3. The quantitative estimate of drug-likeness (QED) is 0.580. The number of hydrogen-bond acceptors (Lipinski definition) is 4. The van der Waals surface area contributed by atoms with E-state index in [0.717, 1.165) is 25.4 Å². The Morgan fingerprint density at radius 2 is 1.68 bits per heavy atom. The predicted molar refractivity (Wildman–Crippen MR) is 122 cm³/mol. The van der Waals surface area contributed by atoms with E-state index in [4.69, 9.17) is 4.98 Å². The van der Waals surface area contributed by atoms with Crippen LogP contribution in [-0.4, -0.2) is 47.0 Å². The molecular weight excluding hydrogens is 362 g/mol. The largest absolute Gasteiger partial charge is 0.298 e. The van der Waals surface area contributed by atoms with E-state index in [0.29, 0.717) is 0 Å². The number of thiazole rings is 1. The van der Waals surface area contributed by atoms with Crippen LogP contribution in [0.15, 0.2) is 18.2 Å². The summed E-state index contributed by atoms with van der Waals surface area (Å²) in [6.45, 7) is 17.2. The van der Waals surface area contributed by atoms with Gasteiger partial charge in [-0.15, -0.1) is 11.3 Å². The molecule has 0 radical (unpaired) electrons. The van der Waals surface area contributed by atoms with Crippen LogP contribution in [0.4, 0.5) is 0 Å². The van der Waals surface area contributed by atoms with Gasteiger partial charge in [-0.3, -0.25) is 9.80 Å². The Morgan fingerprint density at radius 1 is 1.04 bits per heavy atom. The van der Waals surface area contributed by atoms with Crippen molar-refractivity contribution in [1.29, 1.82) is 0 Å². The summed E-state index contributed by atoms with van der Waals surface area (Å²) in [5.74, 6) is 0. The Morgan fingerprint density at radius 3 is 2.25 bits per heavy atom. The van der Waals surface area contributed by atoms with E-state index in [2.05, 4.69) is 62.6 Å². The van der Waals surface area contributed by atoms with Crippen molar-refractivity contribution in [3.8, 4) is 10.6 Å². The maximum Gasteiger partial charge on any atom is 0.124 e. The Balaban J connectivity index is 1.71. The monoisotopic (exact) mass is 399 g/mol. The first-order chi connectivity index (χ1) is 13.6. The molecule has 2 heterocycles. The molecule has 1 aliphatic heterocycles. The number of hydrogen-bond donors (Lipinski definition) is 0. The van der Waals surface area contributed by atoms with Gasteiger partial charge in [0.2, 0.25) is 0 Å². The summed E-state index contributed by atoms with van der Waals surface area (Å²) in [6, 6.07) is 7.45. The van der Waals surface area contributed by atoms with Crippen molar-refractivity contribution in [3.63, 3.8) is 0 Å². The van der Waals surface area contributed by atoms with Crippen molar-refractivity contribution in [3.05, 3.63) is 39.9 Å². The van der Waals surface area contributed by atoms with Gasteiger partial charge in [-0.1, -0.05) is 45.4 Å². The Kier molecular flexibility index (Phi) is 7.67. The van der Waals surface area contributed by atoms with Crippen molar-refractivity contribution in [2.45, 2.75) is 72.9 Å². The zero-order valence-corrected chi connectivity index (χ0v) is 19.2. The van der Waals surface area contributed by atoms with Crippen LogP contribution in [0.2, 0.25) is 0 Å². The molecule has 3 rings (SSSR count). The van der Waals surface area contributed by atoms with E-state index in [1.807, 2.05) is 11.3 Å². The Hall–Kier alpha value is -1.23. The molecule has 3 nitrogen and oxygen atoms in total. The summed E-state index contributed by atoms with van der Waals surface area (Å²) < 4.78 is 0. The molecule has 0 bridgehead atoms. The number of aryl methyl sites for hydroxylation is 3. The Bertz CT molecular complexity index is 737. The predicted octanol–water partition coefficient (Wildman–Crippen LogP) is 5.55. The highest BCUT2D eigenvalue weighted by Gasteiger charge is 2.22. The number of piperazine rings is 1. The number of benzene rings is 1. The van der Waals surface area contributed by atoms with Gasteiger partial charge < -0.3 is 0 Å². The summed E-state index contributed by atoms with van der Waals surface area (Å²) >= 11 is 1.91. The Labute approximate surface area is 175 Å². The van der Waals surface area contributed by atoms with Gasteiger partial charge in [-0.05, 0) is 44.2 Å². The smallest absolute Gasteiger partial charge is 0.124 e. The number of rotatable bonds is 8. The first-order valence-corrected chi connectivity index (χ1v) is 11.9. The molecule has 28 heavy (non-hydrogen) atoms. The average molecular weight is 400 g/mol. The minimum Gasteiger partial charge on any atom is -0.298 e. The maximum absolute atomic E-state index is 5.01. The fraction of sp³-hybridized carbons (Fsp3) is 0.625. The summed E-state index contributed by atoms with van der Waals surface area (Å²) in [6.07, 6.45) is 4.72. The molecule has 0 amide bonds. The van der Waals surface area contributed by atoms with Crippen molar-refractivity contribution >= 4 is 11.3 Å². The third kappa shape index (κ3) is 4.84. The molecule has 2 aromatic rings. The lowest BCUT2D eigenvalue weighted by Crippen LogP contribution is -2.49. The molecule has 1 fully saturated rings. The molecule has 1 aromatic heterocycles. The van der Waals surface area contributed by atoms with Crippen molar-refractivity contribution in [2.24, 2.45) is 0 Å². The van der Waals surface area contributed by atoms with E-state index >= 15 is 0 Å². The zero-order valence-electron chi connectivity index (χ0n) is 18.4. The van der Waals surface area contributed by atoms with Gasteiger partial charge in [-0.25, -0.2) is 4.98 Å². The third-order valence-electron chi connectivity index (χ3n) is 6.21. The van der Waals surface area contributed by atoms with Crippen LogP contribution in [0.5, 0.6) is 0 Å². The van der Waals surface area contributed by atoms with Gasteiger partial charge in [-0.2, -0.15) is 0 Å². The van der Waals surface area contributed by atoms with Crippen molar-refractivity contribution in [2.75, 3.05) is 26.2 Å². The summed E-state index contributed by atoms with van der Waals surface area (Å²) in [7, 11) is 0. The average Bonchev–Trinajstić information content (AvgIpc) is 3.07. The van der Waals surface area contributed by atoms with Gasteiger partial charge in [0.05, 0.1) is 5.69 Å². The molecule has 1 saturated heterocycles. The molecular formula is C24H37N3S. The van der Waals surface area contributed by atoms with Gasteiger partial charge in [0.15, 0.2) is 0 Å². The molecule has 1 aromatic carbocycles. The standard InChI is InChI=1S/C24H37N3S/c1-6-10-18(4)27-15-13-26(14-16-27)17-22-19(5)25-24(28-22)23-20(7-2)11-9-12-21(23)8-3/h9,11-12,18H,6-8,10,13-17H2,1-5H3. The summed E-state index contributed by atoms with van der Waals surface area (Å²) in [5, 5.41) is 1.22. The van der Waals surface area contributed by atoms with Crippen LogP contribution in [-0.2, 0) is 19.4 Å². The van der Waals surface area contributed by atoms with Crippen LogP contribution >= 0.6 is 11.3 Å². The number of aromatic nitrogens is 1. The van der Waals surface area contributed by atoms with Gasteiger partial charge in [0.1, 0.15) is 5.01 Å². The molecule has 0 aliphatic carbocycles. The second kappa shape index (κ2) is 10.00. The summed E-state index contributed by atoms with van der Waals surface area (Å²) in [4.78, 5) is 11.7. The zero-order chi connectivity index (χ0) is 20.1. The second-order valence-corrected chi connectivity index (χ2v) is 9.22. The van der Waals surface area contributed by atoms with Crippen LogP contribution in [0.1, 0.15) is 62.2 Å². The lowest BCUT2D eigenvalue weighted by atomic mass is 9.98. The first-order valence-electron chi connectivity index (χ1n) is 11.1. The molecule has 154 valence electrons. The second-order valence-electron chi connectivity index (χ2n) is 8.14. The molecule has 0 spiro atoms. The van der Waals surface area contributed by atoms with E-state index in [9.17, 15) is 0 Å². The lowest BCUT2D eigenvalue weighted by Gasteiger charge is -2.38. The molecule has 0 saturated carbocycles. The highest BCUT2D eigenvalue weighted by molar-refractivity contribution is 7.15. The third-order valence-corrected chi connectivity index (χ3v) is 7.37. The SMILES string of the molecule is CCCC(C)N1CCN(Cc2sc(-c3c(CC)cccc3CC)nc2C)CC1. The van der Waals surface area contributed by atoms with Crippen LogP contribution in [0.3, 0.4) is 0 Å². The molecule has 1 atom stereocenters. The van der Waals surface area contributed by atoms with E-state index in [1.54, 1.807) is 0 Å². The molecule has 4 heteroatoms. The summed E-state index contributed by atoms with van der Waals surface area (Å²) in [5.41, 5.74) is 5.47. The highest BCUT2D eigenvalue weighted by Crippen LogP contribution is 2.34. The normalized spacial score (nSPS) is 17.2.